The highest BCUT2D eigenvalue weighted by molar-refractivity contribution is 7.72. The summed E-state index contributed by atoms with van der Waals surface area (Å²) in [6, 6.07) is 6.83. The number of benzene rings is 1. The Bertz CT molecular complexity index is 370. The molecule has 0 aromatic heterocycles. The van der Waals surface area contributed by atoms with Gasteiger partial charge in [-0.05, 0) is 24.1 Å². The maximum absolute atomic E-state index is 10.7. The Morgan fingerprint density at radius 1 is 1.33 bits per heavy atom. The molecule has 0 spiro atoms. The fourth-order valence-corrected chi connectivity index (χ4v) is 1.66. The number of hydrogen-bond donors (Lipinski definition) is 1. The normalized spacial score (nSPS) is 10.2. The maximum atomic E-state index is 10.7. The van der Waals surface area contributed by atoms with Crippen LogP contribution in [0.5, 0.6) is 0 Å². The van der Waals surface area contributed by atoms with Crippen LogP contribution in [0.2, 0.25) is 0 Å². The van der Waals surface area contributed by atoms with Gasteiger partial charge in [-0.3, -0.25) is 0 Å². The van der Waals surface area contributed by atoms with Gasteiger partial charge in [-0.2, -0.15) is 0 Å². The summed E-state index contributed by atoms with van der Waals surface area (Å²) in [4.78, 5) is 0.347. The van der Waals surface area contributed by atoms with Gasteiger partial charge in [0.1, 0.15) is 0 Å². The first-order valence-electron chi connectivity index (χ1n) is 3.52. The third kappa shape index (κ3) is 1.74. The first kappa shape index (κ1) is 9.00. The molecule has 0 fully saturated rings. The Morgan fingerprint density at radius 2 is 1.92 bits per heavy atom. The van der Waals surface area contributed by atoms with Crippen molar-refractivity contribution in [2.75, 3.05) is 0 Å². The zero-order chi connectivity index (χ0) is 9.14. The van der Waals surface area contributed by atoms with E-state index in [0.717, 1.165) is 5.57 Å². The van der Waals surface area contributed by atoms with Gasteiger partial charge in [0.2, 0.25) is 0 Å². The van der Waals surface area contributed by atoms with Gasteiger partial charge in [0.25, 0.3) is 0 Å². The Balaban J connectivity index is 3.36. The standard InChI is InChI=1S/C9H10O2S/c1-7(2)8-5-3-4-6-9(8)12(10)11/h3-6,12H,1H2,2H3. The number of thiol groups is 1. The minimum absolute atomic E-state index is 0.347. The predicted molar refractivity (Wildman–Crippen MR) is 49.7 cm³/mol. The summed E-state index contributed by atoms with van der Waals surface area (Å²) in [6.07, 6.45) is 0. The monoisotopic (exact) mass is 182 g/mol. The quantitative estimate of drug-likeness (QED) is 0.706. The van der Waals surface area contributed by atoms with Gasteiger partial charge >= 0.3 is 0 Å². The van der Waals surface area contributed by atoms with Crippen LogP contribution in [0.1, 0.15) is 12.5 Å². The van der Waals surface area contributed by atoms with Crippen LogP contribution in [-0.4, -0.2) is 8.42 Å². The summed E-state index contributed by atoms with van der Waals surface area (Å²) in [5.41, 5.74) is 1.47. The third-order valence-corrected chi connectivity index (χ3v) is 2.34. The van der Waals surface area contributed by atoms with Crippen molar-refractivity contribution in [1.29, 1.82) is 0 Å². The molecule has 12 heavy (non-hydrogen) atoms. The van der Waals surface area contributed by atoms with Crippen molar-refractivity contribution in [3.63, 3.8) is 0 Å². The molecule has 0 bridgehead atoms. The molecular formula is C9H10O2S. The van der Waals surface area contributed by atoms with Crippen molar-refractivity contribution >= 4 is 16.3 Å². The summed E-state index contributed by atoms with van der Waals surface area (Å²) >= 11 is 0. The average molecular weight is 182 g/mol. The molecule has 0 saturated heterocycles. The van der Waals surface area contributed by atoms with Crippen molar-refractivity contribution in [1.82, 2.24) is 0 Å². The van der Waals surface area contributed by atoms with Gasteiger partial charge in [-0.15, -0.1) is 0 Å². The minimum Gasteiger partial charge on any atom is -0.227 e. The molecule has 64 valence electrons. The van der Waals surface area contributed by atoms with Gasteiger partial charge in [0, 0.05) is 0 Å². The molecule has 0 unspecified atom stereocenters. The second-order valence-electron chi connectivity index (χ2n) is 2.55. The predicted octanol–water partition coefficient (Wildman–Crippen LogP) is 1.69. The molecule has 1 aromatic carbocycles. The summed E-state index contributed by atoms with van der Waals surface area (Å²) < 4.78 is 21.4. The first-order chi connectivity index (χ1) is 5.63. The van der Waals surface area contributed by atoms with Crippen LogP contribution in [0.3, 0.4) is 0 Å². The molecule has 0 radical (unpaired) electrons. The third-order valence-electron chi connectivity index (χ3n) is 1.56. The lowest BCUT2D eigenvalue weighted by Crippen LogP contribution is -1.87. The lowest BCUT2D eigenvalue weighted by atomic mass is 10.1. The fraction of sp³-hybridized carbons (Fsp3) is 0.111. The molecule has 0 saturated carbocycles. The molecule has 0 amide bonds. The van der Waals surface area contributed by atoms with Crippen LogP contribution in [0.15, 0.2) is 35.7 Å². The van der Waals surface area contributed by atoms with E-state index in [1.54, 1.807) is 31.2 Å². The van der Waals surface area contributed by atoms with Crippen LogP contribution in [0, 0.1) is 0 Å². The van der Waals surface area contributed by atoms with Gasteiger partial charge in [0.15, 0.2) is 10.7 Å². The molecule has 1 aromatic rings. The fourth-order valence-electron chi connectivity index (χ4n) is 0.994. The van der Waals surface area contributed by atoms with Crippen LogP contribution in [-0.2, 0) is 10.7 Å². The SMILES string of the molecule is C=C(C)c1ccccc1[SH](=O)=O. The van der Waals surface area contributed by atoms with Crippen LogP contribution < -0.4 is 0 Å². The van der Waals surface area contributed by atoms with E-state index in [2.05, 4.69) is 6.58 Å². The minimum atomic E-state index is -2.51. The smallest absolute Gasteiger partial charge is 0.168 e. The van der Waals surface area contributed by atoms with Gasteiger partial charge in [-0.25, -0.2) is 8.42 Å². The van der Waals surface area contributed by atoms with Crippen LogP contribution >= 0.6 is 0 Å². The lowest BCUT2D eigenvalue weighted by Gasteiger charge is -2.01. The van der Waals surface area contributed by atoms with Crippen molar-refractivity contribution in [3.05, 3.63) is 36.4 Å². The Kier molecular flexibility index (Phi) is 2.65. The van der Waals surface area contributed by atoms with E-state index in [4.69, 9.17) is 0 Å². The topological polar surface area (TPSA) is 34.1 Å². The highest BCUT2D eigenvalue weighted by Crippen LogP contribution is 2.17. The molecule has 0 atom stereocenters. The van der Waals surface area contributed by atoms with E-state index < -0.39 is 10.7 Å². The van der Waals surface area contributed by atoms with E-state index in [1.807, 2.05) is 0 Å². The number of allylic oxidation sites excluding steroid dienone is 1. The first-order valence-corrected chi connectivity index (χ1v) is 4.70. The Morgan fingerprint density at radius 3 is 2.33 bits per heavy atom. The highest BCUT2D eigenvalue weighted by Gasteiger charge is 2.02. The second-order valence-corrected chi connectivity index (χ2v) is 3.55. The Labute approximate surface area is 73.5 Å². The largest absolute Gasteiger partial charge is 0.227 e. The average Bonchev–Trinajstić information content (AvgIpc) is 2.04. The molecular weight excluding hydrogens is 172 g/mol. The Hall–Kier alpha value is -1.09. The van der Waals surface area contributed by atoms with E-state index >= 15 is 0 Å². The molecule has 3 heteroatoms. The number of rotatable bonds is 2. The maximum Gasteiger partial charge on any atom is 0.168 e. The second kappa shape index (κ2) is 3.54. The zero-order valence-corrected chi connectivity index (χ0v) is 7.67. The van der Waals surface area contributed by atoms with Crippen molar-refractivity contribution in [3.8, 4) is 0 Å². The summed E-state index contributed by atoms with van der Waals surface area (Å²) in [6.45, 7) is 5.49. The van der Waals surface area contributed by atoms with Crippen LogP contribution in [0.4, 0.5) is 0 Å². The van der Waals surface area contributed by atoms with E-state index in [0.29, 0.717) is 10.5 Å². The summed E-state index contributed by atoms with van der Waals surface area (Å²) in [5, 5.41) is 0. The van der Waals surface area contributed by atoms with Crippen molar-refractivity contribution < 1.29 is 8.42 Å². The summed E-state index contributed by atoms with van der Waals surface area (Å²) in [7, 11) is -2.51. The van der Waals surface area contributed by atoms with Crippen molar-refractivity contribution in [2.24, 2.45) is 0 Å². The lowest BCUT2D eigenvalue weighted by molar-refractivity contribution is 0.614. The molecule has 2 nitrogen and oxygen atoms in total. The summed E-state index contributed by atoms with van der Waals surface area (Å²) in [5.74, 6) is 0. The van der Waals surface area contributed by atoms with Gasteiger partial charge < -0.3 is 0 Å². The molecule has 0 aliphatic heterocycles. The molecule has 1 rings (SSSR count). The number of hydrogen-bond acceptors (Lipinski definition) is 2. The molecule has 0 aliphatic rings. The highest BCUT2D eigenvalue weighted by atomic mass is 32.2. The van der Waals surface area contributed by atoms with Crippen molar-refractivity contribution in [2.45, 2.75) is 11.8 Å². The van der Waals surface area contributed by atoms with E-state index in [1.165, 1.54) is 0 Å². The molecule has 0 aliphatic carbocycles. The van der Waals surface area contributed by atoms with Gasteiger partial charge in [-0.1, -0.05) is 24.8 Å². The van der Waals surface area contributed by atoms with E-state index in [-0.39, 0.29) is 0 Å². The van der Waals surface area contributed by atoms with Crippen LogP contribution in [0.25, 0.3) is 5.57 Å². The van der Waals surface area contributed by atoms with Gasteiger partial charge in [0.05, 0.1) is 4.90 Å². The zero-order valence-electron chi connectivity index (χ0n) is 6.78. The molecule has 0 heterocycles. The van der Waals surface area contributed by atoms with E-state index in [9.17, 15) is 8.42 Å². The molecule has 0 N–H and O–H groups in total.